The molecule has 1 aromatic carbocycles. The second kappa shape index (κ2) is 5.38. The average Bonchev–Trinajstić information content (AvgIpc) is 2.34. The smallest absolute Gasteiger partial charge is 0.144 e. The Kier molecular flexibility index (Phi) is 3.86. The number of nitrogens with zero attached hydrogens (tertiary/aromatic N) is 1. The molecule has 0 spiro atoms. The molecule has 0 bridgehead atoms. The van der Waals surface area contributed by atoms with Crippen LogP contribution >= 0.6 is 27.5 Å². The SMILES string of the molecule is COc1cc(Nc2ncccc2Br)ccc1Cl. The lowest BCUT2D eigenvalue weighted by molar-refractivity contribution is 0.415. The Morgan fingerprint density at radius 1 is 1.35 bits per heavy atom. The fraction of sp³-hybridized carbons (Fsp3) is 0.0833. The molecule has 5 heteroatoms. The van der Waals surface area contributed by atoms with Crippen molar-refractivity contribution in [1.82, 2.24) is 4.98 Å². The van der Waals surface area contributed by atoms with Crippen LogP contribution in [0.15, 0.2) is 41.0 Å². The van der Waals surface area contributed by atoms with E-state index in [4.69, 9.17) is 16.3 Å². The Morgan fingerprint density at radius 2 is 2.18 bits per heavy atom. The molecule has 17 heavy (non-hydrogen) atoms. The first-order valence-electron chi connectivity index (χ1n) is 4.92. The van der Waals surface area contributed by atoms with Gasteiger partial charge < -0.3 is 10.1 Å². The Morgan fingerprint density at radius 3 is 2.88 bits per heavy atom. The van der Waals surface area contributed by atoms with Crippen LogP contribution in [-0.2, 0) is 0 Å². The van der Waals surface area contributed by atoms with E-state index in [1.807, 2.05) is 24.3 Å². The lowest BCUT2D eigenvalue weighted by Gasteiger charge is -2.09. The summed E-state index contributed by atoms with van der Waals surface area (Å²) in [5.74, 6) is 1.38. The molecule has 3 nitrogen and oxygen atoms in total. The lowest BCUT2D eigenvalue weighted by atomic mass is 10.3. The summed E-state index contributed by atoms with van der Waals surface area (Å²) in [6.07, 6.45) is 1.72. The molecule has 0 saturated carbocycles. The van der Waals surface area contributed by atoms with Gasteiger partial charge in [-0.3, -0.25) is 0 Å². The van der Waals surface area contributed by atoms with Gasteiger partial charge >= 0.3 is 0 Å². The zero-order valence-electron chi connectivity index (χ0n) is 9.08. The van der Waals surface area contributed by atoms with Crippen LogP contribution in [0.5, 0.6) is 5.75 Å². The van der Waals surface area contributed by atoms with E-state index < -0.39 is 0 Å². The van der Waals surface area contributed by atoms with E-state index in [1.54, 1.807) is 19.4 Å². The predicted octanol–water partition coefficient (Wildman–Crippen LogP) is 4.25. The van der Waals surface area contributed by atoms with Gasteiger partial charge in [0.15, 0.2) is 0 Å². The summed E-state index contributed by atoms with van der Waals surface area (Å²) in [7, 11) is 1.58. The highest BCUT2D eigenvalue weighted by Gasteiger charge is 2.04. The van der Waals surface area contributed by atoms with E-state index in [1.165, 1.54) is 0 Å². The van der Waals surface area contributed by atoms with Crippen LogP contribution in [0.2, 0.25) is 5.02 Å². The molecule has 1 aromatic heterocycles. The molecule has 2 rings (SSSR count). The topological polar surface area (TPSA) is 34.1 Å². The lowest BCUT2D eigenvalue weighted by Crippen LogP contribution is -1.95. The summed E-state index contributed by atoms with van der Waals surface area (Å²) in [5, 5.41) is 3.76. The number of ether oxygens (including phenoxy) is 1. The zero-order valence-corrected chi connectivity index (χ0v) is 11.4. The average molecular weight is 314 g/mol. The summed E-state index contributed by atoms with van der Waals surface area (Å²) in [6, 6.07) is 9.25. The van der Waals surface area contributed by atoms with E-state index in [-0.39, 0.29) is 0 Å². The van der Waals surface area contributed by atoms with E-state index in [0.29, 0.717) is 10.8 Å². The van der Waals surface area contributed by atoms with Crippen molar-refractivity contribution < 1.29 is 4.74 Å². The highest BCUT2D eigenvalue weighted by Crippen LogP contribution is 2.30. The first-order chi connectivity index (χ1) is 8.20. The van der Waals surface area contributed by atoms with Crippen LogP contribution < -0.4 is 10.1 Å². The van der Waals surface area contributed by atoms with Gasteiger partial charge in [0.05, 0.1) is 16.6 Å². The number of anilines is 2. The van der Waals surface area contributed by atoms with Crippen LogP contribution in [-0.4, -0.2) is 12.1 Å². The van der Waals surface area contributed by atoms with Gasteiger partial charge in [-0.1, -0.05) is 11.6 Å². The third-order valence-corrected chi connectivity index (χ3v) is 3.12. The monoisotopic (exact) mass is 312 g/mol. The van der Waals surface area contributed by atoms with Crippen molar-refractivity contribution >= 4 is 39.0 Å². The number of nitrogens with one attached hydrogen (secondary N) is 1. The molecule has 0 atom stereocenters. The van der Waals surface area contributed by atoms with Crippen molar-refractivity contribution in [1.29, 1.82) is 0 Å². The molecule has 0 radical (unpaired) electrons. The summed E-state index contributed by atoms with van der Waals surface area (Å²) in [5.41, 5.74) is 0.866. The summed E-state index contributed by atoms with van der Waals surface area (Å²) in [6.45, 7) is 0. The fourth-order valence-electron chi connectivity index (χ4n) is 1.35. The first kappa shape index (κ1) is 12.2. The predicted molar refractivity (Wildman–Crippen MR) is 73.2 cm³/mol. The van der Waals surface area contributed by atoms with Crippen LogP contribution in [0.4, 0.5) is 11.5 Å². The Labute approximate surface area is 113 Å². The van der Waals surface area contributed by atoms with Crippen LogP contribution in [0.3, 0.4) is 0 Å². The van der Waals surface area contributed by atoms with Crippen molar-refractivity contribution in [3.05, 3.63) is 46.0 Å². The summed E-state index contributed by atoms with van der Waals surface area (Å²) < 4.78 is 6.05. The number of rotatable bonds is 3. The standard InChI is InChI=1S/C12H10BrClN2O/c1-17-11-7-8(4-5-10(11)14)16-12-9(13)3-2-6-15-12/h2-7H,1H3,(H,15,16). The molecule has 0 aliphatic rings. The maximum atomic E-state index is 5.95. The molecule has 0 aliphatic heterocycles. The van der Waals surface area contributed by atoms with Crippen molar-refractivity contribution in [2.24, 2.45) is 0 Å². The Bertz CT molecular complexity index is 534. The molecule has 2 aromatic rings. The quantitative estimate of drug-likeness (QED) is 0.920. The van der Waals surface area contributed by atoms with Gasteiger partial charge in [0.1, 0.15) is 11.6 Å². The van der Waals surface area contributed by atoms with Crippen molar-refractivity contribution in [2.45, 2.75) is 0 Å². The Balaban J connectivity index is 2.28. The second-order valence-corrected chi connectivity index (χ2v) is 4.57. The van der Waals surface area contributed by atoms with Gasteiger partial charge in [0, 0.05) is 18.0 Å². The van der Waals surface area contributed by atoms with E-state index in [9.17, 15) is 0 Å². The second-order valence-electron chi connectivity index (χ2n) is 3.31. The molecular formula is C12H10BrClN2O. The van der Waals surface area contributed by atoms with Crippen LogP contribution in [0.1, 0.15) is 0 Å². The van der Waals surface area contributed by atoms with Gasteiger partial charge in [0.2, 0.25) is 0 Å². The van der Waals surface area contributed by atoms with Gasteiger partial charge in [-0.25, -0.2) is 4.98 Å². The molecule has 88 valence electrons. The minimum absolute atomic E-state index is 0.582. The molecule has 0 saturated heterocycles. The molecular weight excluding hydrogens is 304 g/mol. The van der Waals surface area contributed by atoms with Gasteiger partial charge in [0.25, 0.3) is 0 Å². The summed E-state index contributed by atoms with van der Waals surface area (Å²) in [4.78, 5) is 4.22. The van der Waals surface area contributed by atoms with Crippen molar-refractivity contribution in [3.8, 4) is 5.75 Å². The highest BCUT2D eigenvalue weighted by atomic mass is 79.9. The number of methoxy groups -OCH3 is 1. The maximum Gasteiger partial charge on any atom is 0.144 e. The normalized spacial score (nSPS) is 10.1. The Hall–Kier alpha value is -1.26. The molecule has 0 unspecified atom stereocenters. The zero-order chi connectivity index (χ0) is 12.3. The largest absolute Gasteiger partial charge is 0.495 e. The minimum atomic E-state index is 0.582. The van der Waals surface area contributed by atoms with Gasteiger partial charge in [-0.15, -0.1) is 0 Å². The van der Waals surface area contributed by atoms with Crippen molar-refractivity contribution in [3.63, 3.8) is 0 Å². The first-order valence-corrected chi connectivity index (χ1v) is 6.09. The third-order valence-electron chi connectivity index (χ3n) is 2.17. The van der Waals surface area contributed by atoms with Gasteiger partial charge in [-0.2, -0.15) is 0 Å². The molecule has 0 amide bonds. The third kappa shape index (κ3) is 2.90. The highest BCUT2D eigenvalue weighted by molar-refractivity contribution is 9.10. The molecule has 0 aliphatic carbocycles. The minimum Gasteiger partial charge on any atom is -0.495 e. The van der Waals surface area contributed by atoms with Crippen LogP contribution in [0.25, 0.3) is 0 Å². The number of pyridine rings is 1. The van der Waals surface area contributed by atoms with Gasteiger partial charge in [-0.05, 0) is 40.2 Å². The van der Waals surface area contributed by atoms with Crippen LogP contribution in [0, 0.1) is 0 Å². The molecule has 1 heterocycles. The number of halogens is 2. The molecule has 1 N–H and O–H groups in total. The number of aromatic nitrogens is 1. The number of hydrogen-bond acceptors (Lipinski definition) is 3. The summed E-state index contributed by atoms with van der Waals surface area (Å²) >= 11 is 9.37. The number of hydrogen-bond donors (Lipinski definition) is 1. The van der Waals surface area contributed by atoms with E-state index >= 15 is 0 Å². The molecule has 0 fully saturated rings. The van der Waals surface area contributed by atoms with E-state index in [2.05, 4.69) is 26.2 Å². The van der Waals surface area contributed by atoms with Crippen molar-refractivity contribution in [2.75, 3.05) is 12.4 Å². The number of benzene rings is 1. The maximum absolute atomic E-state index is 5.95. The fourth-order valence-corrected chi connectivity index (χ4v) is 1.90. The van der Waals surface area contributed by atoms with E-state index in [0.717, 1.165) is 16.0 Å².